The van der Waals surface area contributed by atoms with E-state index in [-0.39, 0.29) is 23.4 Å². The first kappa shape index (κ1) is 29.4. The Kier molecular flexibility index (Phi) is 8.43. The smallest absolute Gasteiger partial charge is 0.417 e. The molecule has 1 aliphatic carbocycles. The fourth-order valence-corrected chi connectivity index (χ4v) is 6.30. The maximum atomic E-state index is 14.4. The molecule has 1 aromatic carbocycles. The SMILES string of the molecule is CCOC(=O)C(F)(F)c1cc(-c2ccc(S(=O)(=O)C3CCC(Nc4ccc(C(F)(F)F)cn4)CC3)cc2)ccn1. The summed E-state index contributed by atoms with van der Waals surface area (Å²) in [4.78, 5) is 19.1. The number of pyridine rings is 2. The molecule has 3 aromatic rings. The number of aromatic nitrogens is 2. The van der Waals surface area contributed by atoms with E-state index in [9.17, 15) is 35.2 Å². The van der Waals surface area contributed by atoms with E-state index in [0.717, 1.165) is 24.5 Å². The highest BCUT2D eigenvalue weighted by molar-refractivity contribution is 7.92. The summed E-state index contributed by atoms with van der Waals surface area (Å²) in [6.45, 7) is 1.20. The van der Waals surface area contributed by atoms with Gasteiger partial charge in [0, 0.05) is 18.4 Å². The Hall–Kier alpha value is -3.61. The first-order valence-corrected chi connectivity index (χ1v) is 14.0. The van der Waals surface area contributed by atoms with Crippen LogP contribution in [-0.2, 0) is 31.5 Å². The summed E-state index contributed by atoms with van der Waals surface area (Å²) in [5, 5.41) is 2.42. The Morgan fingerprint density at radius 2 is 1.62 bits per heavy atom. The summed E-state index contributed by atoms with van der Waals surface area (Å²) < 4.78 is 97.9. The summed E-state index contributed by atoms with van der Waals surface area (Å²) in [6, 6.07) is 10.4. The van der Waals surface area contributed by atoms with Crippen molar-refractivity contribution in [3.8, 4) is 11.1 Å². The van der Waals surface area contributed by atoms with Gasteiger partial charge in [0.05, 0.1) is 22.3 Å². The summed E-state index contributed by atoms with van der Waals surface area (Å²) in [5.74, 6) is -5.36. The molecule has 1 aliphatic rings. The van der Waals surface area contributed by atoms with Crippen LogP contribution in [0.5, 0.6) is 0 Å². The Balaban J connectivity index is 1.40. The number of benzene rings is 1. The van der Waals surface area contributed by atoms with Gasteiger partial charge in [-0.25, -0.2) is 18.2 Å². The molecule has 2 heterocycles. The highest BCUT2D eigenvalue weighted by Crippen LogP contribution is 2.34. The number of nitrogens with one attached hydrogen (secondary N) is 1. The lowest BCUT2D eigenvalue weighted by Gasteiger charge is -2.29. The second kappa shape index (κ2) is 11.5. The van der Waals surface area contributed by atoms with Crippen molar-refractivity contribution in [3.63, 3.8) is 0 Å². The Morgan fingerprint density at radius 1 is 0.950 bits per heavy atom. The van der Waals surface area contributed by atoms with E-state index in [1.54, 1.807) is 0 Å². The van der Waals surface area contributed by atoms with Crippen LogP contribution in [0, 0.1) is 0 Å². The van der Waals surface area contributed by atoms with Crippen molar-refractivity contribution >= 4 is 21.6 Å². The number of nitrogens with zero attached hydrogens (tertiary/aromatic N) is 2. The Bertz CT molecular complexity index is 1440. The van der Waals surface area contributed by atoms with Gasteiger partial charge < -0.3 is 10.1 Å². The van der Waals surface area contributed by atoms with Crippen molar-refractivity contribution < 1.29 is 39.9 Å². The highest BCUT2D eigenvalue weighted by atomic mass is 32.2. The molecule has 0 atom stereocenters. The Morgan fingerprint density at radius 3 is 2.20 bits per heavy atom. The second-order valence-electron chi connectivity index (χ2n) is 9.34. The molecule has 0 saturated heterocycles. The van der Waals surface area contributed by atoms with Gasteiger partial charge in [0.2, 0.25) is 0 Å². The standard InChI is InChI=1S/C27H26F5N3O4S/c1-2-39-25(36)26(28,29)23-15-18(13-14-33-23)17-3-8-21(9-4-17)40(37,38)22-10-6-20(7-11-22)35-24-12-5-19(16-34-24)27(30,31)32/h3-5,8-9,12-16,20,22H,2,6-7,10-11H2,1H3,(H,34,35). The van der Waals surface area contributed by atoms with E-state index in [1.165, 1.54) is 43.3 Å². The normalized spacial score (nSPS) is 18.2. The quantitative estimate of drug-likeness (QED) is 0.256. The van der Waals surface area contributed by atoms with Crippen molar-refractivity contribution in [1.29, 1.82) is 0 Å². The lowest BCUT2D eigenvalue weighted by Crippen LogP contribution is -2.33. The van der Waals surface area contributed by atoms with Gasteiger partial charge in [-0.05, 0) is 80.1 Å². The van der Waals surface area contributed by atoms with Gasteiger partial charge in [0.25, 0.3) is 0 Å². The van der Waals surface area contributed by atoms with E-state index in [0.29, 0.717) is 36.8 Å². The van der Waals surface area contributed by atoms with Gasteiger partial charge >= 0.3 is 18.1 Å². The van der Waals surface area contributed by atoms with Crippen LogP contribution in [0.4, 0.5) is 27.8 Å². The number of hydrogen-bond donors (Lipinski definition) is 1. The molecule has 4 rings (SSSR count). The molecule has 0 radical (unpaired) electrons. The minimum Gasteiger partial charge on any atom is -0.461 e. The van der Waals surface area contributed by atoms with Crippen molar-refractivity contribution in [2.24, 2.45) is 0 Å². The maximum Gasteiger partial charge on any atom is 0.417 e. The van der Waals surface area contributed by atoms with Gasteiger partial charge in [-0.3, -0.25) is 4.98 Å². The van der Waals surface area contributed by atoms with Gasteiger partial charge in [-0.1, -0.05) is 12.1 Å². The molecule has 1 fully saturated rings. The third-order valence-corrected chi connectivity index (χ3v) is 8.96. The number of alkyl halides is 5. The highest BCUT2D eigenvalue weighted by Gasteiger charge is 2.44. The minimum absolute atomic E-state index is 0.0863. The van der Waals surface area contributed by atoms with Crippen LogP contribution >= 0.6 is 0 Å². The number of ether oxygens (including phenoxy) is 1. The fourth-order valence-electron chi connectivity index (χ4n) is 4.51. The van der Waals surface area contributed by atoms with Gasteiger partial charge in [0.1, 0.15) is 11.5 Å². The van der Waals surface area contributed by atoms with Gasteiger partial charge in [-0.15, -0.1) is 0 Å². The van der Waals surface area contributed by atoms with E-state index >= 15 is 0 Å². The van der Waals surface area contributed by atoms with Crippen LogP contribution < -0.4 is 5.32 Å². The van der Waals surface area contributed by atoms with Crippen LogP contribution in [0.2, 0.25) is 0 Å². The summed E-state index contributed by atoms with van der Waals surface area (Å²) in [6.07, 6.45) is -0.928. The van der Waals surface area contributed by atoms with Crippen LogP contribution in [0.1, 0.15) is 43.9 Å². The molecule has 0 bridgehead atoms. The molecule has 7 nitrogen and oxygen atoms in total. The number of esters is 1. The first-order chi connectivity index (χ1) is 18.8. The maximum absolute atomic E-state index is 14.4. The minimum atomic E-state index is -4.48. The van der Waals surface area contributed by atoms with E-state index in [2.05, 4.69) is 20.0 Å². The number of rotatable bonds is 8. The predicted molar refractivity (Wildman–Crippen MR) is 136 cm³/mol. The average molecular weight is 584 g/mol. The monoisotopic (exact) mass is 583 g/mol. The summed E-state index contributed by atoms with van der Waals surface area (Å²) in [7, 11) is -3.69. The molecule has 0 unspecified atom stereocenters. The number of hydrogen-bond acceptors (Lipinski definition) is 7. The summed E-state index contributed by atoms with van der Waals surface area (Å²) >= 11 is 0. The number of anilines is 1. The molecular formula is C27H26F5N3O4S. The molecular weight excluding hydrogens is 557 g/mol. The number of carbonyl (C=O) groups excluding carboxylic acids is 1. The number of halogens is 5. The van der Waals surface area contributed by atoms with Gasteiger partial charge in [0.15, 0.2) is 9.84 Å². The molecule has 13 heteroatoms. The molecule has 0 aliphatic heterocycles. The van der Waals surface area contributed by atoms with Crippen LogP contribution in [-0.4, -0.2) is 42.3 Å². The zero-order valence-electron chi connectivity index (χ0n) is 21.3. The van der Waals surface area contributed by atoms with Crippen LogP contribution in [0.25, 0.3) is 11.1 Å². The molecule has 1 N–H and O–H groups in total. The molecule has 0 amide bonds. The van der Waals surface area contributed by atoms with Crippen molar-refractivity contribution in [2.75, 3.05) is 11.9 Å². The fraction of sp³-hybridized carbons (Fsp3) is 0.370. The van der Waals surface area contributed by atoms with Crippen LogP contribution in [0.3, 0.4) is 0 Å². The Labute approximate surface area is 227 Å². The second-order valence-corrected chi connectivity index (χ2v) is 11.6. The average Bonchev–Trinajstić information content (AvgIpc) is 2.93. The largest absolute Gasteiger partial charge is 0.461 e. The summed E-state index contributed by atoms with van der Waals surface area (Å²) in [5.41, 5.74) is -0.851. The van der Waals surface area contributed by atoms with Crippen molar-refractivity contribution in [2.45, 2.75) is 60.9 Å². The molecule has 2 aromatic heterocycles. The zero-order valence-corrected chi connectivity index (χ0v) is 22.1. The van der Waals surface area contributed by atoms with E-state index in [1.807, 2.05) is 0 Å². The molecule has 214 valence electrons. The predicted octanol–water partition coefficient (Wildman–Crippen LogP) is 6.01. The molecule has 0 spiro atoms. The van der Waals surface area contributed by atoms with Gasteiger partial charge in [-0.2, -0.15) is 22.0 Å². The third kappa shape index (κ3) is 6.40. The number of sulfone groups is 1. The molecule has 1 saturated carbocycles. The topological polar surface area (TPSA) is 98.2 Å². The lowest BCUT2D eigenvalue weighted by molar-refractivity contribution is -0.173. The van der Waals surface area contributed by atoms with E-state index < -0.39 is 44.4 Å². The van der Waals surface area contributed by atoms with Crippen molar-refractivity contribution in [3.05, 3.63) is 72.2 Å². The first-order valence-electron chi connectivity index (χ1n) is 12.5. The zero-order chi connectivity index (χ0) is 29.1. The third-order valence-electron chi connectivity index (χ3n) is 6.69. The lowest BCUT2D eigenvalue weighted by atomic mass is 9.95. The van der Waals surface area contributed by atoms with E-state index in [4.69, 9.17) is 0 Å². The van der Waals surface area contributed by atoms with Crippen molar-refractivity contribution in [1.82, 2.24) is 9.97 Å². The van der Waals surface area contributed by atoms with Crippen LogP contribution in [0.15, 0.2) is 65.8 Å². The molecule has 40 heavy (non-hydrogen) atoms. The number of carbonyl (C=O) groups is 1.